The predicted octanol–water partition coefficient (Wildman–Crippen LogP) is 4.82. The Balaban J connectivity index is 1.33. The first-order valence-corrected chi connectivity index (χ1v) is 9.60. The number of benzene rings is 2. The summed E-state index contributed by atoms with van der Waals surface area (Å²) in [5, 5.41) is 1.33. The standard InChI is InChI=1S/C23H26N2O/c1-17-5-4-6-18(15-17)9-10-23(26)25-13-11-19(12-14-25)21-16-24-22-8-3-2-7-20(21)22/h2-8,15-16,19,24H,9-14H2,1H3. The second kappa shape index (κ2) is 7.36. The third-order valence-corrected chi connectivity index (χ3v) is 5.62. The van der Waals surface area contributed by atoms with E-state index >= 15 is 0 Å². The minimum absolute atomic E-state index is 0.295. The molecule has 2 aromatic carbocycles. The Kier molecular flexibility index (Phi) is 4.79. The number of piperidine rings is 1. The van der Waals surface area contributed by atoms with Crippen molar-refractivity contribution in [2.24, 2.45) is 0 Å². The molecule has 3 nitrogen and oxygen atoms in total. The number of aromatic amines is 1. The number of amides is 1. The van der Waals surface area contributed by atoms with Crippen molar-refractivity contribution >= 4 is 16.8 Å². The summed E-state index contributed by atoms with van der Waals surface area (Å²) in [6.07, 6.45) is 5.71. The van der Waals surface area contributed by atoms with E-state index in [4.69, 9.17) is 0 Å². The van der Waals surface area contributed by atoms with E-state index in [0.29, 0.717) is 18.2 Å². The Morgan fingerprint density at radius 3 is 2.73 bits per heavy atom. The van der Waals surface area contributed by atoms with E-state index in [0.717, 1.165) is 32.4 Å². The lowest BCUT2D eigenvalue weighted by Crippen LogP contribution is -2.38. The summed E-state index contributed by atoms with van der Waals surface area (Å²) in [6, 6.07) is 17.0. The summed E-state index contributed by atoms with van der Waals surface area (Å²) in [4.78, 5) is 18.0. The fraction of sp³-hybridized carbons (Fsp3) is 0.348. The first-order valence-electron chi connectivity index (χ1n) is 9.60. The zero-order chi connectivity index (χ0) is 17.9. The van der Waals surface area contributed by atoms with Crippen molar-refractivity contribution in [2.45, 2.75) is 38.5 Å². The van der Waals surface area contributed by atoms with Gasteiger partial charge in [-0.15, -0.1) is 0 Å². The van der Waals surface area contributed by atoms with Gasteiger partial charge in [-0.25, -0.2) is 0 Å². The van der Waals surface area contributed by atoms with Crippen molar-refractivity contribution in [2.75, 3.05) is 13.1 Å². The number of rotatable bonds is 4. The van der Waals surface area contributed by atoms with Crippen LogP contribution in [0.3, 0.4) is 0 Å². The van der Waals surface area contributed by atoms with Gasteiger partial charge in [-0.1, -0.05) is 48.0 Å². The average molecular weight is 346 g/mol. The highest BCUT2D eigenvalue weighted by Gasteiger charge is 2.25. The maximum atomic E-state index is 12.6. The van der Waals surface area contributed by atoms with Crippen molar-refractivity contribution in [3.63, 3.8) is 0 Å². The van der Waals surface area contributed by atoms with Crippen LogP contribution in [-0.2, 0) is 11.2 Å². The number of nitrogens with one attached hydrogen (secondary N) is 1. The minimum Gasteiger partial charge on any atom is -0.361 e. The number of carbonyl (C=O) groups is 1. The van der Waals surface area contributed by atoms with Gasteiger partial charge in [0.05, 0.1) is 0 Å². The lowest BCUT2D eigenvalue weighted by molar-refractivity contribution is -0.132. The van der Waals surface area contributed by atoms with Crippen LogP contribution in [0.15, 0.2) is 54.7 Å². The number of hydrogen-bond donors (Lipinski definition) is 1. The predicted molar refractivity (Wildman–Crippen MR) is 106 cm³/mol. The van der Waals surface area contributed by atoms with Gasteiger partial charge in [-0.2, -0.15) is 0 Å². The topological polar surface area (TPSA) is 36.1 Å². The molecule has 0 saturated carbocycles. The van der Waals surface area contributed by atoms with E-state index in [2.05, 4.69) is 71.5 Å². The molecular weight excluding hydrogens is 320 g/mol. The number of fused-ring (bicyclic) bond motifs is 1. The Hall–Kier alpha value is -2.55. The summed E-state index contributed by atoms with van der Waals surface area (Å²) in [6.45, 7) is 3.84. The summed E-state index contributed by atoms with van der Waals surface area (Å²) in [7, 11) is 0. The number of para-hydroxylation sites is 1. The monoisotopic (exact) mass is 346 g/mol. The average Bonchev–Trinajstić information content (AvgIpc) is 3.10. The molecular formula is C23H26N2O. The SMILES string of the molecule is Cc1cccc(CCC(=O)N2CCC(c3c[nH]c4ccccc34)CC2)c1. The van der Waals surface area contributed by atoms with E-state index in [1.165, 1.54) is 27.6 Å². The van der Waals surface area contributed by atoms with Crippen molar-refractivity contribution in [1.29, 1.82) is 0 Å². The molecule has 1 fully saturated rings. The van der Waals surface area contributed by atoms with Crippen molar-refractivity contribution < 1.29 is 4.79 Å². The molecule has 0 unspecified atom stereocenters. The van der Waals surface area contributed by atoms with Crippen molar-refractivity contribution in [3.8, 4) is 0 Å². The van der Waals surface area contributed by atoms with Gasteiger partial charge in [0.15, 0.2) is 0 Å². The Morgan fingerprint density at radius 1 is 1.12 bits per heavy atom. The first-order chi connectivity index (χ1) is 12.7. The molecule has 0 bridgehead atoms. The molecule has 3 aromatic rings. The van der Waals surface area contributed by atoms with E-state index in [1.807, 2.05) is 0 Å². The number of H-pyrrole nitrogens is 1. The van der Waals surface area contributed by atoms with Crippen LogP contribution < -0.4 is 0 Å². The molecule has 1 aliphatic rings. The molecule has 1 amide bonds. The van der Waals surface area contributed by atoms with Gasteiger partial charge in [-0.05, 0) is 49.3 Å². The van der Waals surface area contributed by atoms with Gasteiger partial charge in [-0.3, -0.25) is 4.79 Å². The molecule has 1 N–H and O–H groups in total. The Labute approximate surface area is 155 Å². The highest BCUT2D eigenvalue weighted by molar-refractivity contribution is 5.83. The van der Waals surface area contributed by atoms with Gasteiger partial charge < -0.3 is 9.88 Å². The summed E-state index contributed by atoms with van der Waals surface area (Å²) < 4.78 is 0. The molecule has 1 saturated heterocycles. The Morgan fingerprint density at radius 2 is 1.92 bits per heavy atom. The third-order valence-electron chi connectivity index (χ3n) is 5.62. The molecule has 4 rings (SSSR count). The van der Waals surface area contributed by atoms with Crippen molar-refractivity contribution in [1.82, 2.24) is 9.88 Å². The molecule has 2 heterocycles. The van der Waals surface area contributed by atoms with Crippen LogP contribution in [-0.4, -0.2) is 28.9 Å². The van der Waals surface area contributed by atoms with Crippen LogP contribution in [0, 0.1) is 6.92 Å². The van der Waals surface area contributed by atoms with Crippen LogP contribution in [0.25, 0.3) is 10.9 Å². The van der Waals surface area contributed by atoms with Crippen LogP contribution in [0.4, 0.5) is 0 Å². The van der Waals surface area contributed by atoms with E-state index in [-0.39, 0.29) is 0 Å². The third kappa shape index (κ3) is 3.52. The van der Waals surface area contributed by atoms with Crippen LogP contribution >= 0.6 is 0 Å². The van der Waals surface area contributed by atoms with Crippen LogP contribution in [0.1, 0.15) is 41.9 Å². The highest BCUT2D eigenvalue weighted by Crippen LogP contribution is 2.33. The quantitative estimate of drug-likeness (QED) is 0.723. The molecule has 26 heavy (non-hydrogen) atoms. The zero-order valence-corrected chi connectivity index (χ0v) is 15.4. The summed E-state index contributed by atoms with van der Waals surface area (Å²) in [5.41, 5.74) is 5.13. The molecule has 1 aromatic heterocycles. The lowest BCUT2D eigenvalue weighted by Gasteiger charge is -2.32. The molecule has 0 radical (unpaired) electrons. The molecule has 0 spiro atoms. The normalized spacial score (nSPS) is 15.5. The molecule has 134 valence electrons. The number of nitrogens with zero attached hydrogens (tertiary/aromatic N) is 1. The second-order valence-corrected chi connectivity index (χ2v) is 7.43. The number of carbonyl (C=O) groups excluding carboxylic acids is 1. The fourth-order valence-electron chi connectivity index (χ4n) is 4.15. The first kappa shape index (κ1) is 16.9. The van der Waals surface area contributed by atoms with Crippen LogP contribution in [0.2, 0.25) is 0 Å². The maximum absolute atomic E-state index is 12.6. The fourth-order valence-corrected chi connectivity index (χ4v) is 4.15. The largest absolute Gasteiger partial charge is 0.361 e. The number of aromatic nitrogens is 1. The smallest absolute Gasteiger partial charge is 0.222 e. The van der Waals surface area contributed by atoms with Gasteiger partial charge >= 0.3 is 0 Å². The zero-order valence-electron chi connectivity index (χ0n) is 15.4. The summed E-state index contributed by atoms with van der Waals surface area (Å²) >= 11 is 0. The van der Waals surface area contributed by atoms with Crippen molar-refractivity contribution in [3.05, 3.63) is 71.4 Å². The maximum Gasteiger partial charge on any atom is 0.222 e. The van der Waals surface area contributed by atoms with Gasteiger partial charge in [0.2, 0.25) is 5.91 Å². The molecule has 1 aliphatic heterocycles. The van der Waals surface area contributed by atoms with Crippen LogP contribution in [0.5, 0.6) is 0 Å². The number of hydrogen-bond acceptors (Lipinski definition) is 1. The van der Waals surface area contributed by atoms with E-state index in [9.17, 15) is 4.79 Å². The van der Waals surface area contributed by atoms with Gasteiger partial charge in [0.25, 0.3) is 0 Å². The lowest BCUT2D eigenvalue weighted by atomic mass is 9.89. The van der Waals surface area contributed by atoms with E-state index < -0.39 is 0 Å². The van der Waals surface area contributed by atoms with E-state index in [1.54, 1.807) is 0 Å². The molecule has 0 atom stereocenters. The number of aryl methyl sites for hydroxylation is 2. The Bertz CT molecular complexity index is 903. The highest BCUT2D eigenvalue weighted by atomic mass is 16.2. The minimum atomic E-state index is 0.295. The van der Waals surface area contributed by atoms with Gasteiger partial charge in [0, 0.05) is 36.6 Å². The summed E-state index contributed by atoms with van der Waals surface area (Å²) in [5.74, 6) is 0.843. The molecule has 0 aliphatic carbocycles. The van der Waals surface area contributed by atoms with Gasteiger partial charge in [0.1, 0.15) is 0 Å². The second-order valence-electron chi connectivity index (χ2n) is 7.43. The molecule has 3 heteroatoms. The number of likely N-dealkylation sites (tertiary alicyclic amines) is 1.